The number of aromatic nitrogens is 3. The molecular formula is C27H29N3O2. The van der Waals surface area contributed by atoms with Gasteiger partial charge in [0.15, 0.2) is 5.69 Å². The zero-order chi connectivity index (χ0) is 23.0. The fourth-order valence-electron chi connectivity index (χ4n) is 3.08. The molecule has 1 aromatic heterocycles. The molecule has 0 aliphatic rings. The summed E-state index contributed by atoms with van der Waals surface area (Å²) < 4.78 is 6.99. The van der Waals surface area contributed by atoms with Crippen molar-refractivity contribution in [2.45, 2.75) is 33.6 Å². The van der Waals surface area contributed by atoms with E-state index in [9.17, 15) is 4.79 Å². The second-order valence-corrected chi connectivity index (χ2v) is 8.21. The SMILES string of the molecule is C=C[C@@](C)(/C=C/c1ccc(OC(=O)c2cn(-c3ccccc3)nn2)cc1)CCC=C(C)C. The number of benzene rings is 2. The number of allylic oxidation sites excluding steroid dienone is 4. The molecule has 0 aliphatic carbocycles. The van der Waals surface area contributed by atoms with Gasteiger partial charge in [0, 0.05) is 5.41 Å². The van der Waals surface area contributed by atoms with E-state index in [1.807, 2.05) is 48.5 Å². The second kappa shape index (κ2) is 10.5. The number of hydrogen-bond donors (Lipinski definition) is 0. The molecule has 1 heterocycles. The average Bonchev–Trinajstić information content (AvgIpc) is 3.30. The summed E-state index contributed by atoms with van der Waals surface area (Å²) in [6, 6.07) is 16.8. The molecule has 5 heteroatoms. The Hall–Kier alpha value is -3.73. The first kappa shape index (κ1) is 22.9. The van der Waals surface area contributed by atoms with Gasteiger partial charge in [0.25, 0.3) is 0 Å². The molecule has 0 fully saturated rings. The quantitative estimate of drug-likeness (QED) is 0.224. The van der Waals surface area contributed by atoms with Crippen LogP contribution in [0.5, 0.6) is 5.75 Å². The predicted octanol–water partition coefficient (Wildman–Crippen LogP) is 6.44. The van der Waals surface area contributed by atoms with Crippen LogP contribution in [-0.2, 0) is 0 Å². The first-order chi connectivity index (χ1) is 15.4. The molecule has 5 nitrogen and oxygen atoms in total. The third-order valence-corrected chi connectivity index (χ3v) is 5.17. The Balaban J connectivity index is 1.61. The van der Waals surface area contributed by atoms with Crippen molar-refractivity contribution >= 4 is 12.0 Å². The van der Waals surface area contributed by atoms with E-state index in [-0.39, 0.29) is 11.1 Å². The van der Waals surface area contributed by atoms with Gasteiger partial charge in [-0.15, -0.1) is 11.7 Å². The Morgan fingerprint density at radius 3 is 2.50 bits per heavy atom. The van der Waals surface area contributed by atoms with E-state index >= 15 is 0 Å². The molecule has 2 aromatic carbocycles. The third-order valence-electron chi connectivity index (χ3n) is 5.17. The van der Waals surface area contributed by atoms with E-state index in [1.54, 1.807) is 23.0 Å². The highest BCUT2D eigenvalue weighted by molar-refractivity contribution is 5.88. The summed E-state index contributed by atoms with van der Waals surface area (Å²) in [4.78, 5) is 12.4. The standard InChI is InChI=1S/C27H29N3O2/c1-5-27(4,18-9-10-21(2)3)19-17-22-13-15-24(16-14-22)32-26(31)25-20-30(29-28-25)23-11-7-6-8-12-23/h5-8,10-17,19-20H,1,9,18H2,2-4H3/b19-17+/t27-/m1/s1. The Bertz CT molecular complexity index is 1110. The Labute approximate surface area is 189 Å². The van der Waals surface area contributed by atoms with Crippen LogP contribution in [0.3, 0.4) is 0 Å². The minimum atomic E-state index is -0.547. The van der Waals surface area contributed by atoms with Crippen LogP contribution in [0.25, 0.3) is 11.8 Å². The van der Waals surface area contributed by atoms with Gasteiger partial charge in [0.05, 0.1) is 11.9 Å². The highest BCUT2D eigenvalue weighted by Gasteiger charge is 2.16. The number of hydrogen-bond acceptors (Lipinski definition) is 4. The van der Waals surface area contributed by atoms with Crippen molar-refractivity contribution in [2.24, 2.45) is 5.41 Å². The van der Waals surface area contributed by atoms with E-state index in [1.165, 1.54) is 5.57 Å². The Morgan fingerprint density at radius 2 is 1.84 bits per heavy atom. The molecular weight excluding hydrogens is 398 g/mol. The topological polar surface area (TPSA) is 57.0 Å². The van der Waals surface area contributed by atoms with Gasteiger partial charge in [-0.25, -0.2) is 9.48 Å². The van der Waals surface area contributed by atoms with Crippen LogP contribution in [0.15, 0.2) is 91.2 Å². The van der Waals surface area contributed by atoms with Crippen LogP contribution in [0, 0.1) is 5.41 Å². The molecule has 3 aromatic rings. The number of carbonyl (C=O) groups is 1. The summed E-state index contributed by atoms with van der Waals surface area (Å²) in [5, 5.41) is 7.92. The van der Waals surface area contributed by atoms with E-state index in [0.717, 1.165) is 24.1 Å². The summed E-state index contributed by atoms with van der Waals surface area (Å²) in [6.07, 6.45) is 12.0. The lowest BCUT2D eigenvalue weighted by molar-refractivity contribution is 0.0728. The second-order valence-electron chi connectivity index (χ2n) is 8.21. The van der Waals surface area contributed by atoms with Crippen molar-refractivity contribution in [3.63, 3.8) is 0 Å². The number of carbonyl (C=O) groups excluding carboxylic acids is 1. The van der Waals surface area contributed by atoms with Gasteiger partial charge in [0.1, 0.15) is 5.75 Å². The molecule has 0 spiro atoms. The maximum absolute atomic E-state index is 12.4. The fourth-order valence-corrected chi connectivity index (χ4v) is 3.08. The summed E-state index contributed by atoms with van der Waals surface area (Å²) in [6.45, 7) is 10.4. The van der Waals surface area contributed by atoms with Crippen molar-refractivity contribution in [1.82, 2.24) is 15.0 Å². The number of nitrogens with zero attached hydrogens (tertiary/aromatic N) is 3. The number of rotatable bonds is 9. The third kappa shape index (κ3) is 6.38. The summed E-state index contributed by atoms with van der Waals surface area (Å²) in [5.41, 5.74) is 3.24. The highest BCUT2D eigenvalue weighted by Crippen LogP contribution is 2.28. The van der Waals surface area contributed by atoms with Crippen LogP contribution < -0.4 is 4.74 Å². The molecule has 164 valence electrons. The molecule has 0 saturated carbocycles. The van der Waals surface area contributed by atoms with Crippen molar-refractivity contribution < 1.29 is 9.53 Å². The van der Waals surface area contributed by atoms with E-state index in [4.69, 9.17) is 4.74 Å². The molecule has 1 atom stereocenters. The molecule has 32 heavy (non-hydrogen) atoms. The van der Waals surface area contributed by atoms with Crippen molar-refractivity contribution in [1.29, 1.82) is 0 Å². The number of para-hydroxylation sites is 1. The minimum Gasteiger partial charge on any atom is -0.422 e. The maximum Gasteiger partial charge on any atom is 0.365 e. The van der Waals surface area contributed by atoms with Gasteiger partial charge in [-0.1, -0.05) is 72.3 Å². The van der Waals surface area contributed by atoms with E-state index in [2.05, 4.69) is 55.9 Å². The molecule has 0 bridgehead atoms. The maximum atomic E-state index is 12.4. The van der Waals surface area contributed by atoms with Crippen molar-refractivity contribution in [3.05, 3.63) is 102 Å². The number of esters is 1. The van der Waals surface area contributed by atoms with Crippen LogP contribution in [0.1, 0.15) is 49.7 Å². The molecule has 0 aliphatic heterocycles. The lowest BCUT2D eigenvalue weighted by Crippen LogP contribution is -2.09. The minimum absolute atomic E-state index is 0.0817. The van der Waals surface area contributed by atoms with Gasteiger partial charge < -0.3 is 4.74 Å². The van der Waals surface area contributed by atoms with Crippen molar-refractivity contribution in [3.8, 4) is 11.4 Å². The van der Waals surface area contributed by atoms with Gasteiger partial charge in [-0.05, 0) is 56.5 Å². The van der Waals surface area contributed by atoms with Gasteiger partial charge in [-0.3, -0.25) is 0 Å². The lowest BCUT2D eigenvalue weighted by Gasteiger charge is -2.20. The van der Waals surface area contributed by atoms with Crippen LogP contribution >= 0.6 is 0 Å². The molecule has 0 amide bonds. The zero-order valence-electron chi connectivity index (χ0n) is 18.9. The average molecular weight is 428 g/mol. The molecule has 0 saturated heterocycles. The largest absolute Gasteiger partial charge is 0.422 e. The van der Waals surface area contributed by atoms with Crippen LogP contribution in [-0.4, -0.2) is 21.0 Å². The van der Waals surface area contributed by atoms with Crippen molar-refractivity contribution in [2.75, 3.05) is 0 Å². The van der Waals surface area contributed by atoms with Gasteiger partial charge in [0.2, 0.25) is 0 Å². The zero-order valence-corrected chi connectivity index (χ0v) is 18.9. The Kier molecular flexibility index (Phi) is 7.55. The first-order valence-electron chi connectivity index (χ1n) is 10.6. The molecule has 0 unspecified atom stereocenters. The molecule has 0 N–H and O–H groups in total. The molecule has 3 rings (SSSR count). The van der Waals surface area contributed by atoms with E-state index < -0.39 is 5.97 Å². The fraction of sp³-hybridized carbons (Fsp3) is 0.222. The summed E-state index contributed by atoms with van der Waals surface area (Å²) in [5.74, 6) is -0.0922. The van der Waals surface area contributed by atoms with Gasteiger partial charge in [-0.2, -0.15) is 0 Å². The smallest absolute Gasteiger partial charge is 0.365 e. The summed E-state index contributed by atoms with van der Waals surface area (Å²) in [7, 11) is 0. The molecule has 0 radical (unpaired) electrons. The van der Waals surface area contributed by atoms with E-state index in [0.29, 0.717) is 5.75 Å². The predicted molar refractivity (Wildman–Crippen MR) is 129 cm³/mol. The van der Waals surface area contributed by atoms with Crippen LogP contribution in [0.2, 0.25) is 0 Å². The highest BCUT2D eigenvalue weighted by atomic mass is 16.5. The normalized spacial score (nSPS) is 12.8. The monoisotopic (exact) mass is 427 g/mol. The first-order valence-corrected chi connectivity index (χ1v) is 10.6. The Morgan fingerprint density at radius 1 is 1.12 bits per heavy atom. The summed E-state index contributed by atoms with van der Waals surface area (Å²) >= 11 is 0. The van der Waals surface area contributed by atoms with Gasteiger partial charge >= 0.3 is 5.97 Å². The number of ether oxygens (including phenoxy) is 1. The lowest BCUT2D eigenvalue weighted by atomic mass is 9.84. The van der Waals surface area contributed by atoms with Crippen LogP contribution in [0.4, 0.5) is 0 Å².